The van der Waals surface area contributed by atoms with Crippen molar-refractivity contribution in [1.82, 2.24) is 0 Å². The molecule has 0 atom stereocenters. The summed E-state index contributed by atoms with van der Waals surface area (Å²) < 4.78 is 27.9. The molecule has 1 amide bonds. The fourth-order valence-electron chi connectivity index (χ4n) is 1.60. The zero-order valence-corrected chi connectivity index (χ0v) is 12.5. The van der Waals surface area contributed by atoms with E-state index >= 15 is 0 Å². The topological polar surface area (TPSA) is 98.5 Å². The third-order valence-electron chi connectivity index (χ3n) is 2.76. The second-order valence-electron chi connectivity index (χ2n) is 4.52. The number of methoxy groups -OCH3 is 1. The van der Waals surface area contributed by atoms with E-state index in [1.807, 2.05) is 6.92 Å². The monoisotopic (exact) mass is 300 g/mol. The first-order chi connectivity index (χ1) is 9.34. The number of benzene rings is 1. The SMILES string of the molecule is COCCS(=O)(=O)CCC(=O)Nc1ccc(N)cc1C. The van der Waals surface area contributed by atoms with E-state index in [0.29, 0.717) is 11.4 Å². The molecule has 112 valence electrons. The van der Waals surface area contributed by atoms with Gasteiger partial charge in [-0.15, -0.1) is 0 Å². The van der Waals surface area contributed by atoms with Crippen LogP contribution in [0, 0.1) is 6.92 Å². The van der Waals surface area contributed by atoms with Crippen LogP contribution < -0.4 is 11.1 Å². The predicted octanol–water partition coefficient (Wildman–Crippen LogP) is 0.967. The number of anilines is 2. The third kappa shape index (κ3) is 5.58. The Hall–Kier alpha value is -1.60. The number of nitrogens with two attached hydrogens (primary N) is 1. The lowest BCUT2D eigenvalue weighted by atomic mass is 10.2. The quantitative estimate of drug-likeness (QED) is 0.731. The molecule has 0 aliphatic carbocycles. The highest BCUT2D eigenvalue weighted by atomic mass is 32.2. The lowest BCUT2D eigenvalue weighted by Crippen LogP contribution is -2.21. The first-order valence-electron chi connectivity index (χ1n) is 6.19. The Morgan fingerprint density at radius 1 is 1.35 bits per heavy atom. The van der Waals surface area contributed by atoms with E-state index < -0.39 is 9.84 Å². The van der Waals surface area contributed by atoms with E-state index in [4.69, 9.17) is 10.5 Å². The molecule has 0 aliphatic heterocycles. The molecule has 3 N–H and O–H groups in total. The van der Waals surface area contributed by atoms with Crippen molar-refractivity contribution in [3.8, 4) is 0 Å². The van der Waals surface area contributed by atoms with Gasteiger partial charge >= 0.3 is 0 Å². The summed E-state index contributed by atoms with van der Waals surface area (Å²) in [6, 6.07) is 5.12. The number of nitrogens with one attached hydrogen (secondary N) is 1. The fraction of sp³-hybridized carbons (Fsp3) is 0.462. The highest BCUT2D eigenvalue weighted by molar-refractivity contribution is 7.91. The molecule has 0 radical (unpaired) electrons. The van der Waals surface area contributed by atoms with Gasteiger partial charge in [-0.2, -0.15) is 0 Å². The molecule has 0 aliphatic rings. The van der Waals surface area contributed by atoms with E-state index in [2.05, 4.69) is 5.32 Å². The Morgan fingerprint density at radius 2 is 2.05 bits per heavy atom. The van der Waals surface area contributed by atoms with Crippen LogP contribution in [0.2, 0.25) is 0 Å². The van der Waals surface area contributed by atoms with Crippen molar-refractivity contribution in [1.29, 1.82) is 0 Å². The number of amides is 1. The van der Waals surface area contributed by atoms with E-state index in [0.717, 1.165) is 5.56 Å². The Morgan fingerprint density at radius 3 is 2.65 bits per heavy atom. The molecule has 0 saturated carbocycles. The molecular formula is C13H20N2O4S. The van der Waals surface area contributed by atoms with Crippen molar-refractivity contribution in [3.05, 3.63) is 23.8 Å². The molecule has 1 aromatic rings. The number of hydrogen-bond acceptors (Lipinski definition) is 5. The van der Waals surface area contributed by atoms with E-state index in [1.165, 1.54) is 7.11 Å². The van der Waals surface area contributed by atoms with Gasteiger partial charge < -0.3 is 15.8 Å². The van der Waals surface area contributed by atoms with Gasteiger partial charge in [-0.25, -0.2) is 8.42 Å². The summed E-state index contributed by atoms with van der Waals surface area (Å²) in [5.74, 6) is -0.590. The van der Waals surface area contributed by atoms with Crippen LogP contribution in [0.15, 0.2) is 18.2 Å². The first-order valence-corrected chi connectivity index (χ1v) is 8.01. The van der Waals surface area contributed by atoms with Crippen molar-refractivity contribution in [3.63, 3.8) is 0 Å². The largest absolute Gasteiger partial charge is 0.399 e. The lowest BCUT2D eigenvalue weighted by Gasteiger charge is -2.09. The van der Waals surface area contributed by atoms with Gasteiger partial charge in [-0.3, -0.25) is 4.79 Å². The van der Waals surface area contributed by atoms with Crippen molar-refractivity contribution in [2.24, 2.45) is 0 Å². The van der Waals surface area contributed by atoms with E-state index in [1.54, 1.807) is 18.2 Å². The molecule has 0 spiro atoms. The molecule has 0 fully saturated rings. The van der Waals surface area contributed by atoms with Crippen LogP contribution in [-0.4, -0.2) is 39.5 Å². The van der Waals surface area contributed by atoms with Gasteiger partial charge in [0.15, 0.2) is 9.84 Å². The highest BCUT2D eigenvalue weighted by Crippen LogP contribution is 2.17. The van der Waals surface area contributed by atoms with Crippen LogP contribution in [-0.2, 0) is 19.4 Å². The van der Waals surface area contributed by atoms with Crippen molar-refractivity contribution in [2.45, 2.75) is 13.3 Å². The summed E-state index contributed by atoms with van der Waals surface area (Å²) in [6.45, 7) is 1.96. The smallest absolute Gasteiger partial charge is 0.225 e. The average molecular weight is 300 g/mol. The van der Waals surface area contributed by atoms with Gasteiger partial charge in [0, 0.05) is 24.9 Å². The first kappa shape index (κ1) is 16.5. The maximum absolute atomic E-state index is 11.7. The van der Waals surface area contributed by atoms with Gasteiger partial charge in [0.05, 0.1) is 18.1 Å². The number of sulfone groups is 1. The molecular weight excluding hydrogens is 280 g/mol. The minimum Gasteiger partial charge on any atom is -0.399 e. The minimum absolute atomic E-state index is 0.0717. The second-order valence-corrected chi connectivity index (χ2v) is 6.82. The van der Waals surface area contributed by atoms with Gasteiger partial charge in [0.25, 0.3) is 0 Å². The van der Waals surface area contributed by atoms with Crippen LogP contribution in [0.1, 0.15) is 12.0 Å². The molecule has 0 unspecified atom stereocenters. The minimum atomic E-state index is -3.25. The Balaban J connectivity index is 2.52. The molecule has 0 saturated heterocycles. The zero-order chi connectivity index (χ0) is 15.2. The second kappa shape index (κ2) is 7.25. The normalized spacial score (nSPS) is 11.3. The van der Waals surface area contributed by atoms with Crippen LogP contribution in [0.3, 0.4) is 0 Å². The van der Waals surface area contributed by atoms with Crippen molar-refractivity contribution >= 4 is 27.1 Å². The van der Waals surface area contributed by atoms with Crippen LogP contribution >= 0.6 is 0 Å². The lowest BCUT2D eigenvalue weighted by molar-refractivity contribution is -0.115. The number of carbonyl (C=O) groups is 1. The maximum atomic E-state index is 11.7. The summed E-state index contributed by atoms with van der Waals surface area (Å²) in [5.41, 5.74) is 7.70. The average Bonchev–Trinajstić information content (AvgIpc) is 2.38. The number of rotatable bonds is 7. The summed E-state index contributed by atoms with van der Waals surface area (Å²) in [4.78, 5) is 11.7. The van der Waals surface area contributed by atoms with Crippen LogP contribution in [0.25, 0.3) is 0 Å². The molecule has 20 heavy (non-hydrogen) atoms. The van der Waals surface area contributed by atoms with Gasteiger partial charge in [-0.05, 0) is 30.7 Å². The molecule has 1 rings (SSSR count). The van der Waals surface area contributed by atoms with Crippen LogP contribution in [0.4, 0.5) is 11.4 Å². The summed E-state index contributed by atoms with van der Waals surface area (Å²) in [6.07, 6.45) is -0.0735. The Kier molecular flexibility index (Phi) is 5.97. The summed E-state index contributed by atoms with van der Waals surface area (Å²) in [7, 11) is -1.82. The maximum Gasteiger partial charge on any atom is 0.225 e. The zero-order valence-electron chi connectivity index (χ0n) is 11.7. The number of ether oxygens (including phenoxy) is 1. The van der Waals surface area contributed by atoms with E-state index in [9.17, 15) is 13.2 Å². The highest BCUT2D eigenvalue weighted by Gasteiger charge is 2.14. The van der Waals surface area contributed by atoms with E-state index in [-0.39, 0.29) is 30.4 Å². The van der Waals surface area contributed by atoms with Gasteiger partial charge in [0.1, 0.15) is 0 Å². The van der Waals surface area contributed by atoms with Crippen molar-refractivity contribution < 1.29 is 17.9 Å². The summed E-state index contributed by atoms with van der Waals surface area (Å²) >= 11 is 0. The number of aryl methyl sites for hydroxylation is 1. The third-order valence-corrected chi connectivity index (χ3v) is 4.38. The Labute approximate surface area is 119 Å². The molecule has 1 aromatic carbocycles. The standard InChI is InChI=1S/C13H20N2O4S/c1-10-9-11(14)3-4-12(10)15-13(16)5-7-20(17,18)8-6-19-2/h3-4,9H,5-8,14H2,1-2H3,(H,15,16). The fourth-order valence-corrected chi connectivity index (χ4v) is 2.72. The number of hydrogen-bond donors (Lipinski definition) is 2. The van der Waals surface area contributed by atoms with Gasteiger partial charge in [-0.1, -0.05) is 0 Å². The molecule has 0 bridgehead atoms. The summed E-state index contributed by atoms with van der Waals surface area (Å²) in [5, 5.41) is 2.68. The molecule has 7 heteroatoms. The van der Waals surface area contributed by atoms with Gasteiger partial charge in [0.2, 0.25) is 5.91 Å². The molecule has 0 aromatic heterocycles. The van der Waals surface area contributed by atoms with Crippen LogP contribution in [0.5, 0.6) is 0 Å². The molecule has 0 heterocycles. The number of nitrogen functional groups attached to an aromatic ring is 1. The Bertz CT molecular complexity index is 570. The van der Waals surface area contributed by atoms with Crippen molar-refractivity contribution in [2.75, 3.05) is 36.3 Å². The number of carbonyl (C=O) groups excluding carboxylic acids is 1. The predicted molar refractivity (Wildman–Crippen MR) is 79.4 cm³/mol. The molecule has 6 nitrogen and oxygen atoms in total.